The molecule has 6 heteroatoms. The van der Waals surface area contributed by atoms with Gasteiger partial charge in [-0.3, -0.25) is 0 Å². The van der Waals surface area contributed by atoms with Crippen LogP contribution < -0.4 is 15.5 Å². The van der Waals surface area contributed by atoms with Gasteiger partial charge in [-0.1, -0.05) is 11.3 Å². The number of rotatable bonds is 5. The summed E-state index contributed by atoms with van der Waals surface area (Å²) in [6.45, 7) is 0.540. The van der Waals surface area contributed by atoms with E-state index in [2.05, 4.69) is 4.98 Å². The summed E-state index contributed by atoms with van der Waals surface area (Å²) in [4.78, 5) is 12.4. The third kappa shape index (κ3) is 1.88. The van der Waals surface area contributed by atoms with E-state index in [1.807, 2.05) is 19.0 Å². The van der Waals surface area contributed by atoms with Gasteiger partial charge in [-0.2, -0.15) is 4.98 Å². The van der Waals surface area contributed by atoms with E-state index in [1.165, 1.54) is 0 Å². The van der Waals surface area contributed by atoms with Gasteiger partial charge >= 0.3 is 0 Å². The zero-order valence-corrected chi connectivity index (χ0v) is 10.6. The Balaban J connectivity index is 2.32. The maximum absolute atomic E-state index is 5.33. The Morgan fingerprint density at radius 2 is 2.19 bits per heavy atom. The fourth-order valence-corrected chi connectivity index (χ4v) is 2.90. The number of ether oxygens (including phenoxy) is 1. The van der Waals surface area contributed by atoms with Crippen molar-refractivity contribution in [3.05, 3.63) is 4.88 Å². The van der Waals surface area contributed by atoms with Crippen molar-refractivity contribution in [1.29, 1.82) is 0 Å². The Kier molecular flexibility index (Phi) is 3.05. The van der Waals surface area contributed by atoms with Crippen LogP contribution in [0.15, 0.2) is 0 Å². The summed E-state index contributed by atoms with van der Waals surface area (Å²) in [5, 5.41) is 0.954. The van der Waals surface area contributed by atoms with Crippen molar-refractivity contribution < 1.29 is 9.57 Å². The van der Waals surface area contributed by atoms with Crippen molar-refractivity contribution in [1.82, 2.24) is 4.98 Å². The van der Waals surface area contributed by atoms with E-state index in [0.29, 0.717) is 12.5 Å². The topological polar surface area (TPSA) is 60.6 Å². The van der Waals surface area contributed by atoms with E-state index in [9.17, 15) is 0 Å². The van der Waals surface area contributed by atoms with E-state index in [1.54, 1.807) is 18.4 Å². The molecule has 0 unspecified atom stereocenters. The smallest absolute Gasteiger partial charge is 0.230 e. The highest BCUT2D eigenvalue weighted by Crippen LogP contribution is 2.54. The van der Waals surface area contributed by atoms with Crippen LogP contribution >= 0.6 is 11.3 Å². The number of nitrogens with zero attached hydrogens (tertiary/aromatic N) is 2. The van der Waals surface area contributed by atoms with Gasteiger partial charge in [-0.15, -0.1) is 0 Å². The van der Waals surface area contributed by atoms with Crippen molar-refractivity contribution in [2.24, 2.45) is 5.90 Å². The van der Waals surface area contributed by atoms with Gasteiger partial charge in [0, 0.05) is 19.5 Å². The zero-order chi connectivity index (χ0) is 11.8. The number of aromatic nitrogens is 1. The first-order valence-electron chi connectivity index (χ1n) is 5.17. The fourth-order valence-electron chi connectivity index (χ4n) is 1.71. The van der Waals surface area contributed by atoms with Crippen LogP contribution in [0.3, 0.4) is 0 Å². The number of methoxy groups -OCH3 is 1. The number of hydrogen-bond donors (Lipinski definition) is 1. The molecule has 0 radical (unpaired) electrons. The molecule has 0 aliphatic heterocycles. The van der Waals surface area contributed by atoms with E-state index >= 15 is 0 Å². The van der Waals surface area contributed by atoms with Crippen LogP contribution in [0.5, 0.6) is 5.88 Å². The summed E-state index contributed by atoms with van der Waals surface area (Å²) in [5.74, 6) is 5.89. The van der Waals surface area contributed by atoms with Crippen LogP contribution in [0.4, 0.5) is 5.13 Å². The molecule has 2 rings (SSSR count). The molecule has 0 bridgehead atoms. The summed E-state index contributed by atoms with van der Waals surface area (Å²) < 4.78 is 5.33. The molecule has 1 aliphatic rings. The molecular weight excluding hydrogens is 226 g/mol. The lowest BCUT2D eigenvalue weighted by molar-refractivity contribution is 0.116. The molecule has 1 fully saturated rings. The first-order valence-corrected chi connectivity index (χ1v) is 5.99. The van der Waals surface area contributed by atoms with E-state index in [-0.39, 0.29) is 5.41 Å². The van der Waals surface area contributed by atoms with Crippen LogP contribution in [0.1, 0.15) is 17.7 Å². The number of nitrogens with two attached hydrogens (primary N) is 1. The standard InChI is InChI=1S/C10H17N3O2S/c1-13(2)9-12-8(14-3)7(16-9)10(4-5-10)6-15-11/h4-6,11H2,1-3H3. The summed E-state index contributed by atoms with van der Waals surface area (Å²) in [5.41, 5.74) is 0.0476. The molecule has 0 amide bonds. The van der Waals surface area contributed by atoms with E-state index in [0.717, 1.165) is 22.9 Å². The van der Waals surface area contributed by atoms with E-state index < -0.39 is 0 Å². The lowest BCUT2D eigenvalue weighted by atomic mass is 10.1. The molecule has 2 N–H and O–H groups in total. The maximum atomic E-state index is 5.33. The highest BCUT2D eigenvalue weighted by Gasteiger charge is 2.48. The highest BCUT2D eigenvalue weighted by atomic mass is 32.1. The quantitative estimate of drug-likeness (QED) is 0.786. The van der Waals surface area contributed by atoms with Gasteiger partial charge in [0.15, 0.2) is 5.13 Å². The molecule has 16 heavy (non-hydrogen) atoms. The number of anilines is 1. The predicted octanol–water partition coefficient (Wildman–Crippen LogP) is 1.14. The molecule has 0 saturated heterocycles. The SMILES string of the molecule is COc1nc(N(C)C)sc1C1(CON)CC1. The van der Waals surface area contributed by atoms with Gasteiger partial charge in [0.05, 0.1) is 18.6 Å². The molecule has 0 aromatic carbocycles. The second kappa shape index (κ2) is 4.20. The summed E-state index contributed by atoms with van der Waals surface area (Å²) in [7, 11) is 5.60. The van der Waals surface area contributed by atoms with Gasteiger partial charge in [0.25, 0.3) is 0 Å². The Morgan fingerprint density at radius 3 is 2.62 bits per heavy atom. The molecule has 1 heterocycles. The molecule has 0 spiro atoms. The highest BCUT2D eigenvalue weighted by molar-refractivity contribution is 7.16. The second-order valence-corrected chi connectivity index (χ2v) is 5.30. The number of thiazole rings is 1. The average molecular weight is 243 g/mol. The summed E-state index contributed by atoms with van der Waals surface area (Å²) >= 11 is 1.66. The zero-order valence-electron chi connectivity index (χ0n) is 9.82. The minimum atomic E-state index is 0.0476. The Hall–Kier alpha value is -0.850. The first kappa shape index (κ1) is 11.6. The lowest BCUT2D eigenvalue weighted by Crippen LogP contribution is -2.17. The van der Waals surface area contributed by atoms with Crippen molar-refractivity contribution in [2.75, 3.05) is 32.7 Å². The molecule has 1 aromatic rings. The van der Waals surface area contributed by atoms with Crippen LogP contribution in [-0.4, -0.2) is 32.8 Å². The Bertz CT molecular complexity index is 374. The van der Waals surface area contributed by atoms with Crippen molar-refractivity contribution >= 4 is 16.5 Å². The molecule has 90 valence electrons. The second-order valence-electron chi connectivity index (χ2n) is 4.32. The first-order chi connectivity index (χ1) is 7.63. The molecule has 5 nitrogen and oxygen atoms in total. The van der Waals surface area contributed by atoms with Crippen molar-refractivity contribution in [3.8, 4) is 5.88 Å². The summed E-state index contributed by atoms with van der Waals surface area (Å²) in [6.07, 6.45) is 2.19. The average Bonchev–Trinajstić information content (AvgIpc) is 2.90. The van der Waals surface area contributed by atoms with Gasteiger partial charge in [-0.25, -0.2) is 5.90 Å². The minimum Gasteiger partial charge on any atom is -0.480 e. The number of hydrogen-bond acceptors (Lipinski definition) is 6. The fraction of sp³-hybridized carbons (Fsp3) is 0.700. The summed E-state index contributed by atoms with van der Waals surface area (Å²) in [6, 6.07) is 0. The minimum absolute atomic E-state index is 0.0476. The molecule has 1 saturated carbocycles. The van der Waals surface area contributed by atoms with Crippen LogP contribution in [0.2, 0.25) is 0 Å². The molecular formula is C10H17N3O2S. The van der Waals surface area contributed by atoms with Gasteiger partial charge in [-0.05, 0) is 12.8 Å². The Labute approximate surface area is 99.1 Å². The third-order valence-electron chi connectivity index (χ3n) is 2.86. The normalized spacial score (nSPS) is 17.2. The molecule has 0 atom stereocenters. The van der Waals surface area contributed by atoms with Crippen LogP contribution in [0, 0.1) is 0 Å². The monoisotopic (exact) mass is 243 g/mol. The van der Waals surface area contributed by atoms with Crippen molar-refractivity contribution in [3.63, 3.8) is 0 Å². The Morgan fingerprint density at radius 1 is 1.50 bits per heavy atom. The molecule has 1 aliphatic carbocycles. The molecule has 1 aromatic heterocycles. The lowest BCUT2D eigenvalue weighted by Gasteiger charge is -2.11. The van der Waals surface area contributed by atoms with Crippen LogP contribution in [0.25, 0.3) is 0 Å². The maximum Gasteiger partial charge on any atom is 0.230 e. The van der Waals surface area contributed by atoms with Crippen LogP contribution in [-0.2, 0) is 10.3 Å². The van der Waals surface area contributed by atoms with Crippen molar-refractivity contribution in [2.45, 2.75) is 18.3 Å². The van der Waals surface area contributed by atoms with Gasteiger partial charge < -0.3 is 14.5 Å². The van der Waals surface area contributed by atoms with Gasteiger partial charge in [0.2, 0.25) is 5.88 Å². The third-order valence-corrected chi connectivity index (χ3v) is 4.31. The van der Waals surface area contributed by atoms with E-state index in [4.69, 9.17) is 15.5 Å². The predicted molar refractivity (Wildman–Crippen MR) is 64.0 cm³/mol. The van der Waals surface area contributed by atoms with Gasteiger partial charge in [0.1, 0.15) is 0 Å². The largest absolute Gasteiger partial charge is 0.480 e.